The van der Waals surface area contributed by atoms with Crippen LogP contribution in [0.5, 0.6) is 11.5 Å². The number of fused-ring (bicyclic) bond motifs is 1. The summed E-state index contributed by atoms with van der Waals surface area (Å²) in [7, 11) is 1.62. The molecular weight excluding hydrogens is 394 g/mol. The van der Waals surface area contributed by atoms with Gasteiger partial charge >= 0.3 is 0 Å². The summed E-state index contributed by atoms with van der Waals surface area (Å²) in [5, 5.41) is 2.90. The van der Waals surface area contributed by atoms with E-state index in [1.165, 1.54) is 0 Å². The SMILES string of the molecule is CCOc1ccc(CN(CC)CC(=O)N2c3ccccc3NC(=O)C[C@@H]2C)cc1OC. The Balaban J connectivity index is 1.77. The zero-order chi connectivity index (χ0) is 22.4. The van der Waals surface area contributed by atoms with E-state index < -0.39 is 0 Å². The molecule has 0 fully saturated rings. The minimum Gasteiger partial charge on any atom is -0.493 e. The number of hydrogen-bond acceptors (Lipinski definition) is 5. The van der Waals surface area contributed by atoms with Crippen molar-refractivity contribution in [2.75, 3.05) is 37.0 Å². The fraction of sp³-hybridized carbons (Fsp3) is 0.417. The Morgan fingerprint density at radius 2 is 1.97 bits per heavy atom. The number of carbonyl (C=O) groups is 2. The second-order valence-corrected chi connectivity index (χ2v) is 7.60. The first kappa shape index (κ1) is 22.6. The molecule has 0 aromatic heterocycles. The average Bonchev–Trinajstić information content (AvgIpc) is 2.88. The first-order valence-corrected chi connectivity index (χ1v) is 10.7. The zero-order valence-electron chi connectivity index (χ0n) is 18.7. The third-order valence-electron chi connectivity index (χ3n) is 5.37. The highest BCUT2D eigenvalue weighted by atomic mass is 16.5. The Morgan fingerprint density at radius 3 is 2.68 bits per heavy atom. The third kappa shape index (κ3) is 5.35. The summed E-state index contributed by atoms with van der Waals surface area (Å²) in [6.07, 6.45) is 0.267. The second kappa shape index (κ2) is 10.3. The first-order valence-electron chi connectivity index (χ1n) is 10.7. The smallest absolute Gasteiger partial charge is 0.241 e. The molecule has 0 spiro atoms. The monoisotopic (exact) mass is 425 g/mol. The molecule has 7 nitrogen and oxygen atoms in total. The lowest BCUT2D eigenvalue weighted by atomic mass is 10.1. The van der Waals surface area contributed by atoms with Gasteiger partial charge in [0.15, 0.2) is 11.5 Å². The Hall–Kier alpha value is -3.06. The van der Waals surface area contributed by atoms with Crippen molar-refractivity contribution in [2.24, 2.45) is 0 Å². The molecule has 166 valence electrons. The normalized spacial score (nSPS) is 15.8. The van der Waals surface area contributed by atoms with Crippen molar-refractivity contribution in [3.8, 4) is 11.5 Å². The summed E-state index contributed by atoms with van der Waals surface area (Å²) in [6, 6.07) is 13.1. The van der Waals surface area contributed by atoms with Crippen LogP contribution in [0.2, 0.25) is 0 Å². The van der Waals surface area contributed by atoms with Crippen LogP contribution in [0.1, 0.15) is 32.8 Å². The molecule has 0 aliphatic carbocycles. The molecule has 3 rings (SSSR count). The van der Waals surface area contributed by atoms with Gasteiger partial charge in [-0.15, -0.1) is 0 Å². The van der Waals surface area contributed by atoms with Crippen LogP contribution in [0.3, 0.4) is 0 Å². The zero-order valence-corrected chi connectivity index (χ0v) is 18.7. The number of nitrogens with zero attached hydrogens (tertiary/aromatic N) is 2. The van der Waals surface area contributed by atoms with Crippen molar-refractivity contribution in [1.82, 2.24) is 4.90 Å². The van der Waals surface area contributed by atoms with Crippen LogP contribution in [0.15, 0.2) is 42.5 Å². The molecule has 2 amide bonds. The Kier molecular flexibility index (Phi) is 7.52. The number of methoxy groups -OCH3 is 1. The van der Waals surface area contributed by atoms with Crippen molar-refractivity contribution in [3.63, 3.8) is 0 Å². The highest BCUT2D eigenvalue weighted by Crippen LogP contribution is 2.32. The summed E-state index contributed by atoms with van der Waals surface area (Å²) < 4.78 is 11.0. The number of nitrogens with one attached hydrogen (secondary N) is 1. The van der Waals surface area contributed by atoms with Gasteiger partial charge in [-0.05, 0) is 50.2 Å². The van der Waals surface area contributed by atoms with Crippen LogP contribution in [0.25, 0.3) is 0 Å². The maximum absolute atomic E-state index is 13.4. The number of para-hydroxylation sites is 2. The van der Waals surface area contributed by atoms with E-state index in [1.54, 1.807) is 12.0 Å². The van der Waals surface area contributed by atoms with Gasteiger partial charge in [0, 0.05) is 19.0 Å². The molecule has 1 aliphatic rings. The molecule has 0 saturated heterocycles. The van der Waals surface area contributed by atoms with Gasteiger partial charge in [-0.1, -0.05) is 25.1 Å². The molecule has 2 aromatic rings. The molecule has 1 heterocycles. The van der Waals surface area contributed by atoms with Gasteiger partial charge in [-0.3, -0.25) is 14.5 Å². The van der Waals surface area contributed by atoms with Crippen LogP contribution in [0, 0.1) is 0 Å². The molecule has 0 unspecified atom stereocenters. The number of anilines is 2. The van der Waals surface area contributed by atoms with E-state index in [0.717, 1.165) is 11.3 Å². The van der Waals surface area contributed by atoms with Crippen LogP contribution >= 0.6 is 0 Å². The van der Waals surface area contributed by atoms with Crippen LogP contribution in [-0.2, 0) is 16.1 Å². The van der Waals surface area contributed by atoms with Crippen molar-refractivity contribution < 1.29 is 19.1 Å². The number of carbonyl (C=O) groups excluding carboxylic acids is 2. The maximum Gasteiger partial charge on any atom is 0.241 e. The molecule has 1 N–H and O–H groups in total. The van der Waals surface area contributed by atoms with Crippen molar-refractivity contribution in [1.29, 1.82) is 0 Å². The van der Waals surface area contributed by atoms with Gasteiger partial charge in [-0.25, -0.2) is 0 Å². The standard InChI is InChI=1S/C24H31N3O4/c1-5-26(15-18-11-12-21(31-6-2)22(14-18)30-4)16-24(29)27-17(3)13-23(28)25-19-9-7-8-10-20(19)27/h7-12,14,17H,5-6,13,15-16H2,1-4H3,(H,25,28)/t17-/m0/s1. The Morgan fingerprint density at radius 1 is 1.19 bits per heavy atom. The van der Waals surface area contributed by atoms with E-state index in [4.69, 9.17) is 9.47 Å². The van der Waals surface area contributed by atoms with Crippen LogP contribution < -0.4 is 19.7 Å². The predicted octanol–water partition coefficient (Wildman–Crippen LogP) is 3.68. The van der Waals surface area contributed by atoms with Gasteiger partial charge in [-0.2, -0.15) is 0 Å². The molecule has 1 aliphatic heterocycles. The lowest BCUT2D eigenvalue weighted by Gasteiger charge is -2.30. The van der Waals surface area contributed by atoms with Crippen molar-refractivity contribution in [3.05, 3.63) is 48.0 Å². The molecule has 0 bridgehead atoms. The lowest BCUT2D eigenvalue weighted by Crippen LogP contribution is -2.45. The van der Waals surface area contributed by atoms with Gasteiger partial charge < -0.3 is 19.7 Å². The summed E-state index contributed by atoms with van der Waals surface area (Å²) >= 11 is 0. The predicted molar refractivity (Wildman–Crippen MR) is 122 cm³/mol. The molecule has 1 atom stereocenters. The number of amides is 2. The number of ether oxygens (including phenoxy) is 2. The summed E-state index contributed by atoms with van der Waals surface area (Å²) in [5.41, 5.74) is 2.45. The summed E-state index contributed by atoms with van der Waals surface area (Å²) in [4.78, 5) is 29.4. The van der Waals surface area contributed by atoms with Gasteiger partial charge in [0.25, 0.3) is 0 Å². The molecular formula is C24H31N3O4. The Labute approximate surface area is 183 Å². The van der Waals surface area contributed by atoms with Crippen LogP contribution in [0.4, 0.5) is 11.4 Å². The maximum atomic E-state index is 13.4. The minimum atomic E-state index is -0.222. The molecule has 2 aromatic carbocycles. The minimum absolute atomic E-state index is 0.0313. The number of likely N-dealkylation sites (N-methyl/N-ethyl adjacent to an activating group) is 1. The molecule has 7 heteroatoms. The van der Waals surface area contributed by atoms with E-state index >= 15 is 0 Å². The summed E-state index contributed by atoms with van der Waals surface area (Å²) in [5.74, 6) is 1.28. The van der Waals surface area contributed by atoms with Crippen molar-refractivity contribution in [2.45, 2.75) is 39.8 Å². The van der Waals surface area contributed by atoms with Crippen LogP contribution in [-0.4, -0.2) is 49.6 Å². The number of rotatable bonds is 8. The summed E-state index contributed by atoms with van der Waals surface area (Å²) in [6.45, 7) is 8.01. The van der Waals surface area contributed by atoms with E-state index in [1.807, 2.05) is 63.2 Å². The van der Waals surface area contributed by atoms with Gasteiger partial charge in [0.2, 0.25) is 11.8 Å². The van der Waals surface area contributed by atoms with Gasteiger partial charge in [0.1, 0.15) is 0 Å². The fourth-order valence-corrected chi connectivity index (χ4v) is 3.86. The van der Waals surface area contributed by atoms with E-state index in [-0.39, 0.29) is 30.8 Å². The number of benzene rings is 2. The molecule has 31 heavy (non-hydrogen) atoms. The average molecular weight is 426 g/mol. The third-order valence-corrected chi connectivity index (χ3v) is 5.37. The topological polar surface area (TPSA) is 71.1 Å². The highest BCUT2D eigenvalue weighted by molar-refractivity contribution is 6.04. The van der Waals surface area contributed by atoms with E-state index in [9.17, 15) is 9.59 Å². The largest absolute Gasteiger partial charge is 0.493 e. The van der Waals surface area contributed by atoms with E-state index in [0.29, 0.717) is 36.9 Å². The van der Waals surface area contributed by atoms with Crippen molar-refractivity contribution >= 4 is 23.2 Å². The number of hydrogen-bond donors (Lipinski definition) is 1. The Bertz CT molecular complexity index is 931. The molecule has 0 radical (unpaired) electrons. The fourth-order valence-electron chi connectivity index (χ4n) is 3.86. The quantitative estimate of drug-likeness (QED) is 0.699. The van der Waals surface area contributed by atoms with Gasteiger partial charge in [0.05, 0.1) is 31.6 Å². The van der Waals surface area contributed by atoms with E-state index in [2.05, 4.69) is 10.2 Å². The second-order valence-electron chi connectivity index (χ2n) is 7.60. The lowest BCUT2D eigenvalue weighted by molar-refractivity contribution is -0.120. The first-order chi connectivity index (χ1) is 15.0. The molecule has 0 saturated carbocycles. The highest BCUT2D eigenvalue weighted by Gasteiger charge is 2.30.